The molecule has 182 valence electrons. The molecule has 3 unspecified atom stereocenters. The van der Waals surface area contributed by atoms with Crippen LogP contribution in [-0.4, -0.2) is 57.6 Å². The average Bonchev–Trinajstić information content (AvgIpc) is 3.30. The van der Waals surface area contributed by atoms with Gasteiger partial charge < -0.3 is 35.5 Å². The van der Waals surface area contributed by atoms with E-state index in [9.17, 15) is 34.8 Å². The van der Waals surface area contributed by atoms with Crippen LogP contribution in [0.2, 0.25) is 0 Å². The predicted molar refractivity (Wildman–Crippen MR) is 123 cm³/mol. The number of carbonyl (C=O) groups excluding carboxylic acids is 3. The molecular formula is C25H24N2O8. The van der Waals surface area contributed by atoms with Gasteiger partial charge in [-0.15, -0.1) is 0 Å². The quantitative estimate of drug-likeness (QED) is 0.410. The number of amides is 1. The molecule has 0 aliphatic heterocycles. The summed E-state index contributed by atoms with van der Waals surface area (Å²) >= 11 is 0. The van der Waals surface area contributed by atoms with Crippen LogP contribution < -0.4 is 10.6 Å². The molecule has 1 fully saturated rings. The largest absolute Gasteiger partial charge is 0.508 e. The molecule has 1 amide bonds. The van der Waals surface area contributed by atoms with Crippen molar-refractivity contribution >= 4 is 28.9 Å². The van der Waals surface area contributed by atoms with Crippen LogP contribution in [0.3, 0.4) is 0 Å². The normalized spacial score (nSPS) is 25.8. The molecule has 0 bridgehead atoms. The summed E-state index contributed by atoms with van der Waals surface area (Å²) in [6.07, 6.45) is 2.84. The van der Waals surface area contributed by atoms with Gasteiger partial charge in [0.15, 0.2) is 11.4 Å². The summed E-state index contributed by atoms with van der Waals surface area (Å²) in [7, 11) is 3.61. The third-order valence-corrected chi connectivity index (χ3v) is 7.35. The van der Waals surface area contributed by atoms with Gasteiger partial charge >= 0.3 is 0 Å². The number of ketones is 2. The van der Waals surface area contributed by atoms with E-state index in [0.29, 0.717) is 22.4 Å². The molecule has 1 aromatic carbocycles. The second-order valence-corrected chi connectivity index (χ2v) is 9.46. The number of carbonyl (C=O) groups is 3. The van der Waals surface area contributed by atoms with E-state index in [2.05, 4.69) is 0 Å². The molecule has 3 atom stereocenters. The fraction of sp³-hybridized carbons (Fsp3) is 0.320. The van der Waals surface area contributed by atoms with Gasteiger partial charge in [-0.25, -0.2) is 0 Å². The number of hydrogen-bond donors (Lipinski definition) is 5. The van der Waals surface area contributed by atoms with Crippen molar-refractivity contribution in [2.75, 3.05) is 19.0 Å². The predicted octanol–water partition coefficient (Wildman–Crippen LogP) is 1.75. The van der Waals surface area contributed by atoms with E-state index in [1.807, 2.05) is 4.90 Å². The van der Waals surface area contributed by atoms with Gasteiger partial charge in [-0.1, -0.05) is 0 Å². The van der Waals surface area contributed by atoms with Crippen LogP contribution in [0.1, 0.15) is 24.0 Å². The Balaban J connectivity index is 1.75. The Labute approximate surface area is 199 Å². The van der Waals surface area contributed by atoms with E-state index < -0.39 is 52.0 Å². The number of furan rings is 1. The summed E-state index contributed by atoms with van der Waals surface area (Å²) in [5, 5.41) is 44.5. The maximum Gasteiger partial charge on any atom is 0.255 e. The first-order chi connectivity index (χ1) is 16.5. The highest BCUT2D eigenvalue weighted by molar-refractivity contribution is 6.22. The summed E-state index contributed by atoms with van der Waals surface area (Å²) in [4.78, 5) is 39.7. The molecule has 0 spiro atoms. The fourth-order valence-corrected chi connectivity index (χ4v) is 5.71. The topological polar surface area (TPSA) is 175 Å². The number of aromatic hydroxyl groups is 1. The second-order valence-electron chi connectivity index (χ2n) is 9.46. The molecule has 6 N–H and O–H groups in total. The SMILES string of the molecule is CN(C)c1cc(-c2ccoc2)c(O)c2c1CC1CC3CC(=O)C(C(N)=O)=C(O)C3(O)C(=O)C1=C2O. The van der Waals surface area contributed by atoms with Gasteiger partial charge in [0.05, 0.1) is 18.1 Å². The minimum absolute atomic E-state index is 0.0412. The van der Waals surface area contributed by atoms with Crippen molar-refractivity contribution in [1.82, 2.24) is 0 Å². The zero-order valence-corrected chi connectivity index (χ0v) is 19.0. The minimum atomic E-state index is -2.59. The van der Waals surface area contributed by atoms with Crippen molar-refractivity contribution in [3.05, 3.63) is 52.7 Å². The molecule has 1 aromatic heterocycles. The summed E-state index contributed by atoms with van der Waals surface area (Å²) in [5.41, 5.74) is 3.91. The third-order valence-electron chi connectivity index (χ3n) is 7.35. The van der Waals surface area contributed by atoms with Gasteiger partial charge in [-0.05, 0) is 36.5 Å². The summed E-state index contributed by atoms with van der Waals surface area (Å²) in [5.74, 6) is -6.50. The van der Waals surface area contributed by atoms with Crippen molar-refractivity contribution in [1.29, 1.82) is 0 Å². The maximum atomic E-state index is 13.6. The highest BCUT2D eigenvalue weighted by atomic mass is 16.3. The number of nitrogens with zero attached hydrogens (tertiary/aromatic N) is 1. The number of phenols is 1. The lowest BCUT2D eigenvalue weighted by molar-refractivity contribution is -0.147. The standard InChI is InChI=1S/C25H24N2O8/c1-27(2)15-8-13(10-3-4-35-9-10)20(29)18-14(15)6-11-5-12-7-16(28)19(24(26)33)23(32)25(12,34)22(31)17(11)21(18)30/h3-4,8-9,11-12,29-30,32,34H,5-7H2,1-2H3,(H2,26,33). The molecule has 10 heteroatoms. The lowest BCUT2D eigenvalue weighted by Gasteiger charge is -2.46. The lowest BCUT2D eigenvalue weighted by atomic mass is 9.59. The number of benzene rings is 1. The Hall–Kier alpha value is -4.05. The van der Waals surface area contributed by atoms with Crippen molar-refractivity contribution in [3.63, 3.8) is 0 Å². The molecule has 3 aliphatic carbocycles. The number of aliphatic hydroxyl groups is 3. The first-order valence-electron chi connectivity index (χ1n) is 11.0. The lowest BCUT2D eigenvalue weighted by Crippen LogP contribution is -2.58. The van der Waals surface area contributed by atoms with Crippen molar-refractivity contribution in [2.45, 2.75) is 24.9 Å². The van der Waals surface area contributed by atoms with Gasteiger partial charge in [0.1, 0.15) is 22.8 Å². The van der Waals surface area contributed by atoms with Crippen LogP contribution in [-0.2, 0) is 20.8 Å². The fourth-order valence-electron chi connectivity index (χ4n) is 5.71. The van der Waals surface area contributed by atoms with E-state index in [-0.39, 0.29) is 36.1 Å². The van der Waals surface area contributed by atoms with Crippen LogP contribution in [0.25, 0.3) is 16.9 Å². The van der Waals surface area contributed by atoms with E-state index >= 15 is 0 Å². The summed E-state index contributed by atoms with van der Waals surface area (Å²) in [6.45, 7) is 0. The summed E-state index contributed by atoms with van der Waals surface area (Å²) < 4.78 is 5.14. The highest BCUT2D eigenvalue weighted by Gasteiger charge is 2.60. The molecule has 10 nitrogen and oxygen atoms in total. The number of anilines is 1. The monoisotopic (exact) mass is 480 g/mol. The molecule has 1 heterocycles. The van der Waals surface area contributed by atoms with E-state index in [4.69, 9.17) is 10.2 Å². The number of aliphatic hydroxyl groups excluding tert-OH is 2. The molecule has 3 aliphatic rings. The molecule has 2 aromatic rings. The number of phenolic OH excluding ortho intramolecular Hbond substituents is 1. The average molecular weight is 480 g/mol. The number of hydrogen-bond acceptors (Lipinski definition) is 9. The van der Waals surface area contributed by atoms with Gasteiger partial charge in [0, 0.05) is 48.8 Å². The first kappa shape index (κ1) is 22.7. The molecule has 35 heavy (non-hydrogen) atoms. The van der Waals surface area contributed by atoms with Gasteiger partial charge in [0.2, 0.25) is 5.78 Å². The van der Waals surface area contributed by atoms with Gasteiger partial charge in [-0.2, -0.15) is 0 Å². The van der Waals surface area contributed by atoms with E-state index in [1.54, 1.807) is 26.2 Å². The Morgan fingerprint density at radius 1 is 1.20 bits per heavy atom. The van der Waals surface area contributed by atoms with Crippen LogP contribution in [0.15, 0.2) is 46.0 Å². The number of primary amides is 1. The van der Waals surface area contributed by atoms with Gasteiger partial charge in [0.25, 0.3) is 5.91 Å². The summed E-state index contributed by atoms with van der Waals surface area (Å²) in [6, 6.07) is 3.40. The molecular weight excluding hydrogens is 456 g/mol. The molecule has 5 rings (SSSR count). The number of Topliss-reactive ketones (excluding diaryl/α,β-unsaturated/α-hetero) is 2. The zero-order valence-electron chi connectivity index (χ0n) is 19.0. The van der Waals surface area contributed by atoms with Gasteiger partial charge in [-0.3, -0.25) is 14.4 Å². The number of rotatable bonds is 3. The molecule has 0 radical (unpaired) electrons. The minimum Gasteiger partial charge on any atom is -0.508 e. The smallest absolute Gasteiger partial charge is 0.255 e. The first-order valence-corrected chi connectivity index (χ1v) is 11.0. The van der Waals surface area contributed by atoms with Crippen LogP contribution in [0, 0.1) is 11.8 Å². The van der Waals surface area contributed by atoms with Crippen LogP contribution in [0.5, 0.6) is 5.75 Å². The Morgan fingerprint density at radius 2 is 1.91 bits per heavy atom. The van der Waals surface area contributed by atoms with Crippen LogP contribution >= 0.6 is 0 Å². The zero-order chi connectivity index (χ0) is 25.4. The molecule has 1 saturated carbocycles. The third kappa shape index (κ3) is 2.96. The number of nitrogens with two attached hydrogens (primary N) is 1. The Kier molecular flexibility index (Phi) is 4.85. The van der Waals surface area contributed by atoms with Crippen molar-refractivity contribution < 1.29 is 39.2 Å². The number of fused-ring (bicyclic) bond motifs is 3. The van der Waals surface area contributed by atoms with Crippen LogP contribution in [0.4, 0.5) is 5.69 Å². The maximum absolute atomic E-state index is 13.6. The van der Waals surface area contributed by atoms with Crippen molar-refractivity contribution in [3.8, 4) is 16.9 Å². The van der Waals surface area contributed by atoms with E-state index in [0.717, 1.165) is 0 Å². The second kappa shape index (κ2) is 7.47. The highest BCUT2D eigenvalue weighted by Crippen LogP contribution is 2.54. The van der Waals surface area contributed by atoms with Crippen molar-refractivity contribution in [2.24, 2.45) is 17.6 Å². The Morgan fingerprint density at radius 3 is 2.51 bits per heavy atom. The molecule has 0 saturated heterocycles. The van der Waals surface area contributed by atoms with E-state index in [1.165, 1.54) is 12.5 Å². The Bertz CT molecular complexity index is 1370.